The normalized spacial score (nSPS) is 10.9. The molecule has 0 spiro atoms. The van der Waals surface area contributed by atoms with E-state index < -0.39 is 5.82 Å². The predicted molar refractivity (Wildman–Crippen MR) is 127 cm³/mol. The predicted octanol–water partition coefficient (Wildman–Crippen LogP) is 6.55. The van der Waals surface area contributed by atoms with Crippen LogP contribution < -0.4 is 4.74 Å². The fourth-order valence-electron chi connectivity index (χ4n) is 2.72. The number of halogens is 3. The van der Waals surface area contributed by atoms with Crippen molar-refractivity contribution < 1.29 is 9.13 Å². The highest BCUT2D eigenvalue weighted by atomic mass is 127. The Labute approximate surface area is 195 Å². The lowest BCUT2D eigenvalue weighted by molar-refractivity contribution is 0.301. The molecule has 3 rings (SSSR count). The summed E-state index contributed by atoms with van der Waals surface area (Å²) in [6.45, 7) is 0.281. The average Bonchev–Trinajstić information content (AvgIpc) is 2.72. The van der Waals surface area contributed by atoms with Gasteiger partial charge in [-0.2, -0.15) is 10.5 Å². The second kappa shape index (κ2) is 9.86. The van der Waals surface area contributed by atoms with E-state index >= 15 is 0 Å². The van der Waals surface area contributed by atoms with Gasteiger partial charge in [0.1, 0.15) is 18.2 Å². The lowest BCUT2D eigenvalue weighted by Gasteiger charge is -2.12. The zero-order valence-electron chi connectivity index (χ0n) is 15.0. The van der Waals surface area contributed by atoms with Crippen molar-refractivity contribution in [2.75, 3.05) is 0 Å². The van der Waals surface area contributed by atoms with Crippen LogP contribution in [0.15, 0.2) is 60.7 Å². The van der Waals surface area contributed by atoms with Crippen LogP contribution in [0.4, 0.5) is 4.39 Å². The summed E-state index contributed by atoms with van der Waals surface area (Å²) in [6.07, 6.45) is 1.66. The molecule has 0 heterocycles. The number of nitriles is 2. The van der Waals surface area contributed by atoms with Crippen LogP contribution in [0, 0.1) is 35.6 Å². The minimum Gasteiger partial charge on any atom is -0.487 e. The van der Waals surface area contributed by atoms with Crippen LogP contribution in [0.3, 0.4) is 0 Å². The Morgan fingerprint density at radius 2 is 1.66 bits per heavy atom. The highest BCUT2D eigenvalue weighted by molar-refractivity contribution is 14.1. The van der Waals surface area contributed by atoms with Crippen molar-refractivity contribution in [1.29, 1.82) is 10.5 Å². The van der Waals surface area contributed by atoms with Crippen molar-refractivity contribution in [2.45, 2.75) is 6.61 Å². The van der Waals surface area contributed by atoms with Gasteiger partial charge in [0.2, 0.25) is 0 Å². The minimum atomic E-state index is -0.430. The average molecular weight is 606 g/mol. The standard InChI is InChI=1S/C23H13FI2N2O/c24-20-8-4-3-7-19(20)18(13-28)9-15-10-21(25)23(22(26)11-15)29-14-17-6-2-1-5-16(17)12-27/h1-11H,14H2/b18-9-. The molecule has 3 aromatic rings. The number of nitrogens with zero attached hydrogens (tertiary/aromatic N) is 2. The van der Waals surface area contributed by atoms with Gasteiger partial charge in [-0.25, -0.2) is 4.39 Å². The van der Waals surface area contributed by atoms with Gasteiger partial charge >= 0.3 is 0 Å². The first-order chi connectivity index (χ1) is 14.0. The van der Waals surface area contributed by atoms with Crippen molar-refractivity contribution in [1.82, 2.24) is 0 Å². The lowest BCUT2D eigenvalue weighted by atomic mass is 10.0. The smallest absolute Gasteiger partial charge is 0.146 e. The Kier molecular flexibility index (Phi) is 7.24. The summed E-state index contributed by atoms with van der Waals surface area (Å²) in [5.41, 5.74) is 2.71. The number of hydrogen-bond donors (Lipinski definition) is 0. The molecule has 0 bridgehead atoms. The summed E-state index contributed by atoms with van der Waals surface area (Å²) < 4.78 is 21.7. The molecule has 0 amide bonds. The summed E-state index contributed by atoms with van der Waals surface area (Å²) in [7, 11) is 0. The Balaban J connectivity index is 1.89. The van der Waals surface area contributed by atoms with Crippen molar-refractivity contribution in [3.63, 3.8) is 0 Å². The molecule has 0 aliphatic carbocycles. The van der Waals surface area contributed by atoms with Gasteiger partial charge in [0.05, 0.1) is 30.4 Å². The van der Waals surface area contributed by atoms with Gasteiger partial charge in [0.15, 0.2) is 0 Å². The van der Waals surface area contributed by atoms with E-state index in [2.05, 4.69) is 57.3 Å². The van der Waals surface area contributed by atoms with E-state index in [0.29, 0.717) is 11.3 Å². The zero-order chi connectivity index (χ0) is 20.8. The van der Waals surface area contributed by atoms with Crippen LogP contribution >= 0.6 is 45.2 Å². The highest BCUT2D eigenvalue weighted by Gasteiger charge is 2.12. The van der Waals surface area contributed by atoms with E-state index in [1.54, 1.807) is 30.3 Å². The van der Waals surface area contributed by atoms with Crippen LogP contribution in [0.2, 0.25) is 0 Å². The van der Waals surface area contributed by atoms with E-state index in [1.807, 2.05) is 30.3 Å². The first-order valence-electron chi connectivity index (χ1n) is 8.50. The summed E-state index contributed by atoms with van der Waals surface area (Å²) in [6, 6.07) is 21.5. The van der Waals surface area contributed by atoms with Crippen LogP contribution in [0.5, 0.6) is 5.75 Å². The van der Waals surface area contributed by atoms with Gasteiger partial charge < -0.3 is 4.74 Å². The topological polar surface area (TPSA) is 56.8 Å². The van der Waals surface area contributed by atoms with Gasteiger partial charge in [-0.05, 0) is 81.1 Å². The molecule has 0 aliphatic heterocycles. The fraction of sp³-hybridized carbons (Fsp3) is 0.0435. The van der Waals surface area contributed by atoms with Gasteiger partial charge in [-0.15, -0.1) is 0 Å². The van der Waals surface area contributed by atoms with E-state index in [9.17, 15) is 14.9 Å². The maximum Gasteiger partial charge on any atom is 0.146 e. The molecule has 0 aromatic heterocycles. The Hall–Kier alpha value is -2.43. The van der Waals surface area contributed by atoms with Crippen molar-refractivity contribution >= 4 is 56.8 Å². The van der Waals surface area contributed by atoms with Crippen LogP contribution in [0.25, 0.3) is 11.6 Å². The van der Waals surface area contributed by atoms with Crippen molar-refractivity contribution in [2.24, 2.45) is 0 Å². The third-order valence-electron chi connectivity index (χ3n) is 4.13. The van der Waals surface area contributed by atoms with E-state index in [0.717, 1.165) is 18.3 Å². The fourth-order valence-corrected chi connectivity index (χ4v) is 4.85. The third-order valence-corrected chi connectivity index (χ3v) is 5.73. The lowest BCUT2D eigenvalue weighted by Crippen LogP contribution is -2.01. The van der Waals surface area contributed by atoms with Gasteiger partial charge in [0.25, 0.3) is 0 Å². The van der Waals surface area contributed by atoms with Crippen LogP contribution in [0.1, 0.15) is 22.3 Å². The number of benzene rings is 3. The number of rotatable bonds is 5. The third kappa shape index (κ3) is 5.14. The number of hydrogen-bond acceptors (Lipinski definition) is 3. The highest BCUT2D eigenvalue weighted by Crippen LogP contribution is 2.31. The Morgan fingerprint density at radius 3 is 2.31 bits per heavy atom. The molecule has 0 saturated carbocycles. The van der Waals surface area contributed by atoms with Crippen molar-refractivity contribution in [3.05, 3.63) is 95.9 Å². The minimum absolute atomic E-state index is 0.256. The number of ether oxygens (including phenoxy) is 1. The molecule has 0 saturated heterocycles. The quantitative estimate of drug-likeness (QED) is 0.188. The SMILES string of the molecule is N#C/C(=C/c1cc(I)c(OCc2ccccc2C#N)c(I)c1)c1ccccc1F. The molecule has 0 atom stereocenters. The summed E-state index contributed by atoms with van der Waals surface area (Å²) in [4.78, 5) is 0. The van der Waals surface area contributed by atoms with Crippen molar-refractivity contribution in [3.8, 4) is 17.9 Å². The molecule has 29 heavy (non-hydrogen) atoms. The monoisotopic (exact) mass is 606 g/mol. The Morgan fingerprint density at radius 1 is 1.00 bits per heavy atom. The maximum atomic E-state index is 14.0. The van der Waals surface area contributed by atoms with Gasteiger partial charge in [-0.3, -0.25) is 0 Å². The molecule has 0 N–H and O–H groups in total. The first kappa shape index (κ1) is 21.3. The van der Waals surface area contributed by atoms with Gasteiger partial charge in [-0.1, -0.05) is 36.4 Å². The molecule has 0 unspecified atom stereocenters. The van der Waals surface area contributed by atoms with Crippen LogP contribution in [-0.4, -0.2) is 0 Å². The molecular formula is C23H13FI2N2O. The molecule has 0 radical (unpaired) electrons. The summed E-state index contributed by atoms with van der Waals surface area (Å²) in [5.74, 6) is 0.279. The Bertz CT molecular complexity index is 1150. The molecule has 0 aliphatic rings. The number of allylic oxidation sites excluding steroid dienone is 1. The molecule has 3 nitrogen and oxygen atoms in total. The summed E-state index contributed by atoms with van der Waals surface area (Å²) >= 11 is 4.34. The molecule has 0 fully saturated rings. The molecule has 6 heteroatoms. The molecule has 142 valence electrons. The second-order valence-corrected chi connectivity index (χ2v) is 8.35. The van der Waals surface area contributed by atoms with E-state index in [-0.39, 0.29) is 17.7 Å². The van der Waals surface area contributed by atoms with E-state index in [1.165, 1.54) is 6.07 Å². The zero-order valence-corrected chi connectivity index (χ0v) is 19.3. The maximum absolute atomic E-state index is 14.0. The first-order valence-corrected chi connectivity index (χ1v) is 10.7. The second-order valence-electron chi connectivity index (χ2n) is 6.02. The van der Waals surface area contributed by atoms with Gasteiger partial charge in [0, 0.05) is 11.1 Å². The largest absolute Gasteiger partial charge is 0.487 e. The van der Waals surface area contributed by atoms with E-state index in [4.69, 9.17) is 4.74 Å². The summed E-state index contributed by atoms with van der Waals surface area (Å²) in [5, 5.41) is 18.7. The van der Waals surface area contributed by atoms with Crippen LogP contribution in [-0.2, 0) is 6.61 Å². The molecular weight excluding hydrogens is 593 g/mol. The molecule has 3 aromatic carbocycles.